The molecule has 2 heterocycles. The van der Waals surface area contributed by atoms with Crippen LogP contribution in [0.2, 0.25) is 0 Å². The lowest BCUT2D eigenvalue weighted by Crippen LogP contribution is -2.35. The normalized spacial score (nSPS) is 17.4. The van der Waals surface area contributed by atoms with Gasteiger partial charge in [0.25, 0.3) is 0 Å². The second-order valence-corrected chi connectivity index (χ2v) is 6.13. The van der Waals surface area contributed by atoms with Crippen LogP contribution in [0.3, 0.4) is 0 Å². The van der Waals surface area contributed by atoms with E-state index in [0.717, 1.165) is 43.0 Å². The Labute approximate surface area is 148 Å². The van der Waals surface area contributed by atoms with Crippen LogP contribution in [0, 0.1) is 5.92 Å². The molecule has 1 aliphatic rings. The largest absolute Gasteiger partial charge is 0.381 e. The molecule has 130 valence electrons. The van der Waals surface area contributed by atoms with Crippen LogP contribution in [0.5, 0.6) is 0 Å². The molecule has 1 aliphatic heterocycles. The summed E-state index contributed by atoms with van der Waals surface area (Å²) in [6, 6.07) is 13.3. The number of hydrogen-bond acceptors (Lipinski definition) is 3. The van der Waals surface area contributed by atoms with Crippen LogP contribution in [-0.2, 0) is 4.74 Å². The first kappa shape index (κ1) is 17.2. The molecule has 25 heavy (non-hydrogen) atoms. The van der Waals surface area contributed by atoms with Crippen molar-refractivity contribution in [3.05, 3.63) is 59.9 Å². The number of benzene rings is 1. The van der Waals surface area contributed by atoms with Gasteiger partial charge in [0.05, 0.1) is 12.3 Å². The molecule has 1 atom stereocenters. The molecule has 1 aromatic heterocycles. The first-order valence-electron chi connectivity index (χ1n) is 8.61. The second kappa shape index (κ2) is 8.99. The van der Waals surface area contributed by atoms with E-state index in [1.807, 2.05) is 54.6 Å². The highest BCUT2D eigenvalue weighted by atomic mass is 16.5. The van der Waals surface area contributed by atoms with Crippen LogP contribution >= 0.6 is 0 Å². The molecule has 0 aliphatic carbocycles. The zero-order chi connectivity index (χ0) is 17.3. The van der Waals surface area contributed by atoms with Crippen molar-refractivity contribution in [2.45, 2.75) is 12.8 Å². The van der Waals surface area contributed by atoms with Gasteiger partial charge in [-0.3, -0.25) is 4.98 Å². The smallest absolute Gasteiger partial charge is 0.319 e. The van der Waals surface area contributed by atoms with E-state index >= 15 is 0 Å². The van der Waals surface area contributed by atoms with E-state index in [1.54, 1.807) is 6.20 Å². The molecule has 0 spiro atoms. The van der Waals surface area contributed by atoms with Crippen LogP contribution in [0.1, 0.15) is 24.1 Å². The summed E-state index contributed by atoms with van der Waals surface area (Å²) < 4.78 is 5.43. The Balaban J connectivity index is 1.52. The van der Waals surface area contributed by atoms with E-state index in [4.69, 9.17) is 4.74 Å². The number of nitrogens with zero attached hydrogens (tertiary/aromatic N) is 1. The highest BCUT2D eigenvalue weighted by molar-refractivity contribution is 5.89. The summed E-state index contributed by atoms with van der Waals surface area (Å²) >= 11 is 0. The molecule has 3 rings (SSSR count). The van der Waals surface area contributed by atoms with Crippen LogP contribution in [0.25, 0.3) is 12.2 Å². The predicted molar refractivity (Wildman–Crippen MR) is 100 cm³/mol. The number of amides is 2. The first-order chi connectivity index (χ1) is 12.3. The molecule has 5 nitrogen and oxygen atoms in total. The number of urea groups is 1. The summed E-state index contributed by atoms with van der Waals surface area (Å²) in [7, 11) is 0. The maximum atomic E-state index is 12.1. The summed E-state index contributed by atoms with van der Waals surface area (Å²) in [5, 5.41) is 5.80. The molecule has 2 N–H and O–H groups in total. The predicted octanol–water partition coefficient (Wildman–Crippen LogP) is 3.80. The zero-order valence-corrected chi connectivity index (χ0v) is 14.2. The van der Waals surface area contributed by atoms with E-state index in [2.05, 4.69) is 15.6 Å². The minimum atomic E-state index is -0.184. The van der Waals surface area contributed by atoms with Crippen LogP contribution in [-0.4, -0.2) is 30.8 Å². The monoisotopic (exact) mass is 337 g/mol. The fourth-order valence-electron chi connectivity index (χ4n) is 2.76. The van der Waals surface area contributed by atoms with Crippen molar-refractivity contribution in [3.63, 3.8) is 0 Å². The number of pyridine rings is 1. The Bertz CT molecular complexity index is 710. The third kappa shape index (κ3) is 5.72. The number of carbonyl (C=O) groups is 1. The fourth-order valence-corrected chi connectivity index (χ4v) is 2.76. The number of nitrogens with one attached hydrogen (secondary N) is 2. The van der Waals surface area contributed by atoms with Gasteiger partial charge in [0, 0.05) is 25.0 Å². The van der Waals surface area contributed by atoms with Crippen molar-refractivity contribution < 1.29 is 9.53 Å². The minimum absolute atomic E-state index is 0.184. The van der Waals surface area contributed by atoms with Gasteiger partial charge >= 0.3 is 6.03 Å². The maximum absolute atomic E-state index is 12.1. The quantitative estimate of drug-likeness (QED) is 0.872. The number of aromatic nitrogens is 1. The minimum Gasteiger partial charge on any atom is -0.381 e. The Kier molecular flexibility index (Phi) is 6.17. The van der Waals surface area contributed by atoms with E-state index in [9.17, 15) is 4.79 Å². The number of ether oxygens (including phenoxy) is 1. The molecule has 1 saturated heterocycles. The van der Waals surface area contributed by atoms with Gasteiger partial charge in [0.15, 0.2) is 0 Å². The van der Waals surface area contributed by atoms with Crippen molar-refractivity contribution in [2.24, 2.45) is 5.92 Å². The van der Waals surface area contributed by atoms with Crippen LogP contribution < -0.4 is 10.6 Å². The molecule has 1 fully saturated rings. The average molecular weight is 337 g/mol. The number of carbonyl (C=O) groups excluding carboxylic acids is 1. The van der Waals surface area contributed by atoms with Gasteiger partial charge in [0.2, 0.25) is 0 Å². The van der Waals surface area contributed by atoms with Crippen molar-refractivity contribution in [1.29, 1.82) is 0 Å². The molecule has 5 heteroatoms. The van der Waals surface area contributed by atoms with Crippen LogP contribution in [0.4, 0.5) is 10.5 Å². The zero-order valence-electron chi connectivity index (χ0n) is 14.2. The maximum Gasteiger partial charge on any atom is 0.319 e. The van der Waals surface area contributed by atoms with Crippen molar-refractivity contribution >= 4 is 23.9 Å². The summed E-state index contributed by atoms with van der Waals surface area (Å²) in [5.41, 5.74) is 2.66. The first-order valence-corrected chi connectivity index (χ1v) is 8.61. The lowest BCUT2D eigenvalue weighted by molar-refractivity contribution is 0.0559. The lowest BCUT2D eigenvalue weighted by Gasteiger charge is -2.22. The molecule has 0 bridgehead atoms. The summed E-state index contributed by atoms with van der Waals surface area (Å²) in [6.45, 7) is 2.21. The topological polar surface area (TPSA) is 63.2 Å². The number of hydrogen-bond donors (Lipinski definition) is 2. The molecule has 1 unspecified atom stereocenters. The van der Waals surface area contributed by atoms with Gasteiger partial charge in [-0.05, 0) is 54.7 Å². The number of rotatable bonds is 5. The standard InChI is InChI=1S/C20H23N3O2/c24-20(22-14-17-6-4-12-25-15-17)23-19-8-3-5-16(13-19)9-10-18-7-1-2-11-21-18/h1-3,5,7-11,13,17H,4,6,12,14-15H2,(H2,22,23,24)/b10-9+. The Morgan fingerprint density at radius 2 is 2.20 bits per heavy atom. The Morgan fingerprint density at radius 1 is 1.24 bits per heavy atom. The van der Waals surface area contributed by atoms with E-state index in [-0.39, 0.29) is 6.03 Å². The third-order valence-corrected chi connectivity index (χ3v) is 4.08. The van der Waals surface area contributed by atoms with E-state index in [0.29, 0.717) is 12.5 Å². The lowest BCUT2D eigenvalue weighted by atomic mass is 10.0. The second-order valence-electron chi connectivity index (χ2n) is 6.13. The highest BCUT2D eigenvalue weighted by Crippen LogP contribution is 2.14. The van der Waals surface area contributed by atoms with Gasteiger partial charge < -0.3 is 15.4 Å². The van der Waals surface area contributed by atoms with Crippen molar-refractivity contribution in [1.82, 2.24) is 10.3 Å². The molecule has 2 amide bonds. The van der Waals surface area contributed by atoms with Gasteiger partial charge in [-0.1, -0.05) is 24.3 Å². The summed E-state index contributed by atoms with van der Waals surface area (Å²) in [5.74, 6) is 0.409. The molecule has 2 aromatic rings. The Morgan fingerprint density at radius 3 is 3.00 bits per heavy atom. The van der Waals surface area contributed by atoms with Gasteiger partial charge in [0.1, 0.15) is 0 Å². The summed E-state index contributed by atoms with van der Waals surface area (Å²) in [6.07, 6.45) is 7.86. The van der Waals surface area contributed by atoms with E-state index in [1.165, 1.54) is 0 Å². The SMILES string of the molecule is O=C(NCC1CCCOC1)Nc1cccc(/C=C/c2ccccn2)c1. The Hall–Kier alpha value is -2.66. The van der Waals surface area contributed by atoms with Gasteiger partial charge in [-0.15, -0.1) is 0 Å². The molecular weight excluding hydrogens is 314 g/mol. The fraction of sp³-hybridized carbons (Fsp3) is 0.300. The average Bonchev–Trinajstić information content (AvgIpc) is 2.67. The van der Waals surface area contributed by atoms with Crippen molar-refractivity contribution in [2.75, 3.05) is 25.1 Å². The van der Waals surface area contributed by atoms with Gasteiger partial charge in [-0.25, -0.2) is 4.79 Å². The van der Waals surface area contributed by atoms with E-state index < -0.39 is 0 Å². The highest BCUT2D eigenvalue weighted by Gasteiger charge is 2.14. The summed E-state index contributed by atoms with van der Waals surface area (Å²) in [4.78, 5) is 16.3. The van der Waals surface area contributed by atoms with Crippen molar-refractivity contribution in [3.8, 4) is 0 Å². The van der Waals surface area contributed by atoms with Crippen LogP contribution in [0.15, 0.2) is 48.7 Å². The molecule has 0 saturated carbocycles. The molecule has 1 aromatic carbocycles. The molecule has 0 radical (unpaired) electrons. The number of anilines is 1. The van der Waals surface area contributed by atoms with Gasteiger partial charge in [-0.2, -0.15) is 0 Å². The third-order valence-electron chi connectivity index (χ3n) is 4.08. The molecular formula is C20H23N3O2.